The predicted molar refractivity (Wildman–Crippen MR) is 97.9 cm³/mol. The molecule has 0 aliphatic heterocycles. The monoisotopic (exact) mass is 434 g/mol. The lowest BCUT2D eigenvalue weighted by Crippen LogP contribution is -2.58. The number of hydrogen-bond acceptors (Lipinski definition) is 8. The first-order chi connectivity index (χ1) is 13.8. The maximum absolute atomic E-state index is 12.4. The third-order valence-electron chi connectivity index (χ3n) is 3.75. The van der Waals surface area contributed by atoms with Gasteiger partial charge in [-0.1, -0.05) is 0 Å². The Morgan fingerprint density at radius 1 is 0.800 bits per heavy atom. The SMILES string of the molecule is CC(N)C(=O)NC(CC(=O)O)C(=O)NC(CCC(=O)O)C(=O)NC(C(=O)O)C(C)O. The number of nitrogens with two attached hydrogens (primary N) is 1. The molecule has 0 bridgehead atoms. The topological polar surface area (TPSA) is 245 Å². The number of hydrogen-bond donors (Lipinski definition) is 8. The Bertz CT molecular complexity index is 679. The number of aliphatic hydroxyl groups is 1. The van der Waals surface area contributed by atoms with E-state index in [1.54, 1.807) is 0 Å². The van der Waals surface area contributed by atoms with Crippen molar-refractivity contribution >= 4 is 35.6 Å². The lowest BCUT2D eigenvalue weighted by Gasteiger charge is -2.24. The number of rotatable bonds is 13. The van der Waals surface area contributed by atoms with Crippen LogP contribution in [0.5, 0.6) is 0 Å². The molecule has 0 aromatic heterocycles. The van der Waals surface area contributed by atoms with Crippen molar-refractivity contribution in [3.8, 4) is 0 Å². The van der Waals surface area contributed by atoms with E-state index < -0.39 is 85.2 Å². The normalized spacial score (nSPS) is 15.6. The maximum Gasteiger partial charge on any atom is 0.328 e. The van der Waals surface area contributed by atoms with Crippen LogP contribution in [0.3, 0.4) is 0 Å². The molecular weight excluding hydrogens is 408 g/mol. The van der Waals surface area contributed by atoms with Crippen LogP contribution in [0.2, 0.25) is 0 Å². The lowest BCUT2D eigenvalue weighted by atomic mass is 10.1. The zero-order valence-corrected chi connectivity index (χ0v) is 16.3. The summed E-state index contributed by atoms with van der Waals surface area (Å²) >= 11 is 0. The molecule has 0 aromatic carbocycles. The van der Waals surface area contributed by atoms with Gasteiger partial charge >= 0.3 is 17.9 Å². The summed E-state index contributed by atoms with van der Waals surface area (Å²) < 4.78 is 0. The molecule has 0 saturated heterocycles. The van der Waals surface area contributed by atoms with Crippen LogP contribution in [-0.2, 0) is 28.8 Å². The summed E-state index contributed by atoms with van der Waals surface area (Å²) in [7, 11) is 0. The molecule has 9 N–H and O–H groups in total. The number of amides is 3. The quantitative estimate of drug-likeness (QED) is 0.142. The van der Waals surface area contributed by atoms with Crippen LogP contribution >= 0.6 is 0 Å². The highest BCUT2D eigenvalue weighted by Gasteiger charge is 2.32. The van der Waals surface area contributed by atoms with E-state index in [1.165, 1.54) is 6.92 Å². The van der Waals surface area contributed by atoms with Crippen molar-refractivity contribution in [3.63, 3.8) is 0 Å². The highest BCUT2D eigenvalue weighted by Crippen LogP contribution is 2.04. The van der Waals surface area contributed by atoms with Gasteiger partial charge in [-0.3, -0.25) is 24.0 Å². The summed E-state index contributed by atoms with van der Waals surface area (Å²) in [4.78, 5) is 69.4. The second-order valence-electron chi connectivity index (χ2n) is 6.51. The standard InChI is InChI=1S/C16H26N4O10/c1-6(17)13(26)19-9(5-11(24)25)15(28)18-8(3-4-10(22)23)14(27)20-12(7(2)21)16(29)30/h6-9,12,21H,3-5,17H2,1-2H3,(H,18,28)(H,19,26)(H,20,27)(H,22,23)(H,24,25)(H,29,30). The van der Waals surface area contributed by atoms with Crippen molar-refractivity contribution in [1.29, 1.82) is 0 Å². The van der Waals surface area contributed by atoms with E-state index in [4.69, 9.17) is 21.1 Å². The molecule has 0 heterocycles. The number of aliphatic carboxylic acids is 3. The second kappa shape index (κ2) is 12.3. The third-order valence-corrected chi connectivity index (χ3v) is 3.75. The molecule has 14 nitrogen and oxygen atoms in total. The zero-order chi connectivity index (χ0) is 23.6. The Hall–Kier alpha value is -3.26. The van der Waals surface area contributed by atoms with Gasteiger partial charge in [0, 0.05) is 6.42 Å². The molecule has 3 amide bonds. The van der Waals surface area contributed by atoms with E-state index in [9.17, 15) is 33.9 Å². The first kappa shape index (κ1) is 26.7. The summed E-state index contributed by atoms with van der Waals surface area (Å²) in [5, 5.41) is 42.4. The van der Waals surface area contributed by atoms with E-state index in [0.29, 0.717) is 0 Å². The second-order valence-corrected chi connectivity index (χ2v) is 6.51. The Labute approximate surface area is 170 Å². The molecular formula is C16H26N4O10. The van der Waals surface area contributed by atoms with Gasteiger partial charge in [-0.05, 0) is 20.3 Å². The summed E-state index contributed by atoms with van der Waals surface area (Å²) in [5.41, 5.74) is 5.36. The fourth-order valence-electron chi connectivity index (χ4n) is 2.14. The van der Waals surface area contributed by atoms with Crippen LogP contribution in [-0.4, -0.2) is 86.3 Å². The number of aliphatic hydroxyl groups excluding tert-OH is 1. The number of carboxylic acids is 3. The van der Waals surface area contributed by atoms with Crippen LogP contribution in [0, 0.1) is 0 Å². The van der Waals surface area contributed by atoms with Gasteiger partial charge in [0.1, 0.15) is 12.1 Å². The van der Waals surface area contributed by atoms with Gasteiger partial charge in [0.2, 0.25) is 17.7 Å². The van der Waals surface area contributed by atoms with Gasteiger partial charge < -0.3 is 42.1 Å². The summed E-state index contributed by atoms with van der Waals surface area (Å²) in [6.07, 6.45) is -3.43. The molecule has 0 radical (unpaired) electrons. The minimum Gasteiger partial charge on any atom is -0.481 e. The van der Waals surface area contributed by atoms with Crippen molar-refractivity contribution in [2.75, 3.05) is 0 Å². The summed E-state index contributed by atoms with van der Waals surface area (Å²) in [6.45, 7) is 2.38. The minimum absolute atomic E-state index is 0.472. The molecule has 5 unspecified atom stereocenters. The fourth-order valence-corrected chi connectivity index (χ4v) is 2.14. The van der Waals surface area contributed by atoms with Gasteiger partial charge in [-0.15, -0.1) is 0 Å². The van der Waals surface area contributed by atoms with Gasteiger partial charge in [0.05, 0.1) is 18.6 Å². The number of carboxylic acid groups (broad SMARTS) is 3. The van der Waals surface area contributed by atoms with E-state index in [-0.39, 0.29) is 0 Å². The Balaban J connectivity index is 5.51. The maximum atomic E-state index is 12.4. The number of carbonyl (C=O) groups excluding carboxylic acids is 3. The number of carbonyl (C=O) groups is 6. The zero-order valence-electron chi connectivity index (χ0n) is 16.3. The third kappa shape index (κ3) is 9.79. The number of nitrogens with one attached hydrogen (secondary N) is 3. The van der Waals surface area contributed by atoms with Gasteiger partial charge in [0.15, 0.2) is 6.04 Å². The molecule has 30 heavy (non-hydrogen) atoms. The molecule has 0 aliphatic rings. The van der Waals surface area contributed by atoms with Crippen molar-refractivity contribution in [2.45, 2.75) is 63.4 Å². The first-order valence-electron chi connectivity index (χ1n) is 8.77. The van der Waals surface area contributed by atoms with Crippen LogP contribution < -0.4 is 21.7 Å². The van der Waals surface area contributed by atoms with Crippen molar-refractivity contribution < 1.29 is 49.2 Å². The Kier molecular flexibility index (Phi) is 11.0. The predicted octanol–water partition coefficient (Wildman–Crippen LogP) is -3.41. The molecule has 0 fully saturated rings. The molecule has 0 spiro atoms. The molecule has 0 aromatic rings. The van der Waals surface area contributed by atoms with Crippen molar-refractivity contribution in [1.82, 2.24) is 16.0 Å². The van der Waals surface area contributed by atoms with E-state index in [2.05, 4.69) is 10.6 Å². The van der Waals surface area contributed by atoms with Crippen LogP contribution in [0.25, 0.3) is 0 Å². The molecule has 0 aliphatic carbocycles. The van der Waals surface area contributed by atoms with Gasteiger partial charge in [-0.25, -0.2) is 4.79 Å². The smallest absolute Gasteiger partial charge is 0.328 e. The minimum atomic E-state index is -1.74. The molecule has 170 valence electrons. The van der Waals surface area contributed by atoms with Crippen LogP contribution in [0.4, 0.5) is 0 Å². The molecule has 5 atom stereocenters. The van der Waals surface area contributed by atoms with Crippen molar-refractivity contribution in [3.05, 3.63) is 0 Å². The lowest BCUT2D eigenvalue weighted by molar-refractivity contribution is -0.146. The van der Waals surface area contributed by atoms with Gasteiger partial charge in [0.25, 0.3) is 0 Å². The Morgan fingerprint density at radius 3 is 1.70 bits per heavy atom. The molecule has 0 rings (SSSR count). The highest BCUT2D eigenvalue weighted by molar-refractivity contribution is 5.95. The van der Waals surface area contributed by atoms with Gasteiger partial charge in [-0.2, -0.15) is 0 Å². The van der Waals surface area contributed by atoms with E-state index in [0.717, 1.165) is 6.92 Å². The Morgan fingerprint density at radius 2 is 1.30 bits per heavy atom. The average Bonchev–Trinajstić information content (AvgIpc) is 2.60. The molecule has 0 saturated carbocycles. The van der Waals surface area contributed by atoms with E-state index >= 15 is 0 Å². The first-order valence-corrected chi connectivity index (χ1v) is 8.77. The van der Waals surface area contributed by atoms with Crippen LogP contribution in [0.15, 0.2) is 0 Å². The van der Waals surface area contributed by atoms with Crippen molar-refractivity contribution in [2.24, 2.45) is 5.73 Å². The van der Waals surface area contributed by atoms with E-state index in [1.807, 2.05) is 5.32 Å². The highest BCUT2D eigenvalue weighted by atomic mass is 16.4. The fraction of sp³-hybridized carbons (Fsp3) is 0.625. The average molecular weight is 434 g/mol. The molecule has 14 heteroatoms. The summed E-state index contributed by atoms with van der Waals surface area (Å²) in [5.74, 6) is -7.43. The summed E-state index contributed by atoms with van der Waals surface area (Å²) in [6, 6.07) is -6.03. The van der Waals surface area contributed by atoms with Crippen LogP contribution in [0.1, 0.15) is 33.1 Å². The largest absolute Gasteiger partial charge is 0.481 e.